The number of ether oxygens (including phenoxy) is 11. The van der Waals surface area contributed by atoms with Crippen LogP contribution in [-0.4, -0.2) is 252 Å². The Bertz CT molecular complexity index is 7340. The quantitative estimate of drug-likeness (QED) is 0.0110. The van der Waals surface area contributed by atoms with Crippen LogP contribution in [0.5, 0.6) is 172 Å². The van der Waals surface area contributed by atoms with E-state index >= 15 is 14.4 Å². The highest BCUT2D eigenvalue weighted by atomic mass is 35.5. The molecule has 0 amide bonds. The molecular weight excluding hydrogens is 1950 g/mol. The van der Waals surface area contributed by atoms with Crippen molar-refractivity contribution in [3.8, 4) is 172 Å². The molecule has 13 aromatic rings. The minimum atomic E-state index is -3.12. The number of rotatable bonds is 25. The molecule has 0 radical (unpaired) electrons. The summed E-state index contributed by atoms with van der Waals surface area (Å²) in [6, 6.07) is 25.1. The van der Waals surface area contributed by atoms with Crippen molar-refractivity contribution in [3.05, 3.63) is 242 Å². The van der Waals surface area contributed by atoms with Crippen molar-refractivity contribution in [1.82, 2.24) is 14.5 Å². The van der Waals surface area contributed by atoms with E-state index in [0.29, 0.717) is 121 Å². The Balaban J connectivity index is 0.000000627. The number of aromatic hydroxyl groups is 25. The smallest absolute Gasteiger partial charge is 0.343 e. The lowest BCUT2D eigenvalue weighted by molar-refractivity contribution is -0.282. The second kappa shape index (κ2) is 41.4. The first-order chi connectivity index (χ1) is 68.6. The number of halogens is 1. The van der Waals surface area contributed by atoms with Gasteiger partial charge in [0.1, 0.15) is 18.5 Å². The predicted octanol–water partition coefficient (Wildman–Crippen LogP) is 9.17. The van der Waals surface area contributed by atoms with Crippen LogP contribution in [0.2, 0.25) is 5.02 Å². The van der Waals surface area contributed by atoms with Crippen molar-refractivity contribution in [1.29, 1.82) is 0 Å². The van der Waals surface area contributed by atoms with Crippen LogP contribution in [-0.2, 0) is 41.5 Å². The maximum atomic E-state index is 15.3. The number of phenols is 25. The molecule has 0 aliphatic carbocycles. The number of nitrogens with zero attached hydrogens (tertiary/aromatic N) is 3. The predicted molar refractivity (Wildman–Crippen MR) is 478 cm³/mol. The first kappa shape index (κ1) is 101. The van der Waals surface area contributed by atoms with Crippen LogP contribution in [0.4, 0.5) is 0 Å². The van der Waals surface area contributed by atoms with Crippen LogP contribution in [0.1, 0.15) is 128 Å². The van der Waals surface area contributed by atoms with E-state index in [1.807, 2.05) is 12.1 Å². The number of likely N-dealkylation sites (tertiary alicyclic amines) is 1. The van der Waals surface area contributed by atoms with Gasteiger partial charge in [-0.2, -0.15) is 0 Å². The lowest BCUT2D eigenvalue weighted by atomic mass is 9.97. The molecule has 145 heavy (non-hydrogen) atoms. The third kappa shape index (κ3) is 22.1. The summed E-state index contributed by atoms with van der Waals surface area (Å²) in [5, 5.41) is 262. The Labute approximate surface area is 811 Å². The maximum Gasteiger partial charge on any atom is 0.343 e. The first-order valence-corrected chi connectivity index (χ1v) is 41.8. The number of fused-ring (bicyclic) bond motifs is 1. The molecule has 0 bridgehead atoms. The van der Waals surface area contributed by atoms with Gasteiger partial charge < -0.3 is 184 Å². The van der Waals surface area contributed by atoms with Crippen LogP contribution in [0.25, 0.3) is 11.0 Å². The summed E-state index contributed by atoms with van der Waals surface area (Å²) < 4.78 is 62.8. The lowest BCUT2D eigenvalue weighted by Crippen LogP contribution is -2.63. The van der Waals surface area contributed by atoms with Crippen molar-refractivity contribution in [2.24, 2.45) is 0 Å². The van der Waals surface area contributed by atoms with E-state index in [2.05, 4.69) is 45.9 Å². The second-order valence-electron chi connectivity index (χ2n) is 31.3. The van der Waals surface area contributed by atoms with Gasteiger partial charge in [-0.05, 0) is 177 Å². The summed E-state index contributed by atoms with van der Waals surface area (Å²) in [4.78, 5) is 150. The Morgan fingerprint density at radius 3 is 0.869 bits per heavy atom. The minimum Gasteiger partial charge on any atom is -0.504 e. The molecule has 2 fully saturated rings. The number of carbonyl (C=O) groups excluding carboxylic acids is 10. The molecule has 1 aromatic heterocycles. The molecule has 0 spiro atoms. The summed E-state index contributed by atoms with van der Waals surface area (Å²) in [5.41, 5.74) is -6.35. The Morgan fingerprint density at radius 1 is 0.297 bits per heavy atom. The molecule has 12 aromatic carbocycles. The number of para-hydroxylation sites is 2. The number of esters is 10. The van der Waals surface area contributed by atoms with Gasteiger partial charge in [-0.3, -0.25) is 4.90 Å². The normalized spacial score (nSPS) is 14.8. The summed E-state index contributed by atoms with van der Waals surface area (Å²) in [5.74, 6) is -54.8. The van der Waals surface area contributed by atoms with Gasteiger partial charge >= 0.3 is 59.7 Å². The number of hydrogen-bond donors (Lipinski definition) is 25. The number of imidazole rings is 1. The Morgan fingerprint density at radius 2 is 0.559 bits per heavy atom. The zero-order chi connectivity index (χ0) is 105. The van der Waals surface area contributed by atoms with Gasteiger partial charge in [0, 0.05) is 11.6 Å². The minimum absolute atomic E-state index is 0.295. The highest BCUT2D eigenvalue weighted by Crippen LogP contribution is 2.49. The van der Waals surface area contributed by atoms with E-state index < -0.39 is 325 Å². The van der Waals surface area contributed by atoms with Gasteiger partial charge in [-0.15, -0.1) is 0 Å². The van der Waals surface area contributed by atoms with Gasteiger partial charge in [-0.1, -0.05) is 35.9 Å². The molecule has 0 saturated carbocycles. The van der Waals surface area contributed by atoms with Crippen molar-refractivity contribution in [3.63, 3.8) is 0 Å². The van der Waals surface area contributed by atoms with E-state index in [-0.39, 0.29) is 0 Å². The summed E-state index contributed by atoms with van der Waals surface area (Å²) in [6.45, 7) is 2.43. The van der Waals surface area contributed by atoms with Crippen molar-refractivity contribution in [2.45, 2.75) is 56.6 Å². The third-order valence-electron chi connectivity index (χ3n) is 21.5. The standard InChI is InChI=1S/C76H52O46.C19H20ClN3/c77-32-1-22(2-33(78)53(32)92)67(103)113-47-16-27(11-42(87)58(47)97)66(102)112-21-52-63(119-72(108)28-12-43(88)59(98)48(17-28)114-68(104)23-3-34(79)54(93)35(80)4-23)64(120-73(109)29-13-44(89)60(99)49(18-29)115-69(105)24-5-36(81)55(94)37(82)6-24)65(121-74(110)30-14-45(90)61(100)50(19-30)116-70(106)25-7-38(83)56(95)39(84)8-25)76(118-52)122-75(111)31-15-46(91)62(101)51(20-31)117-71(107)26-9-40(85)57(96)41(86)10-26;20-16-9-7-15(8-10-16)13-23-18-6-2-1-5-17(18)21-19(23)14-22-11-3-4-12-22/h1-20,52,63-65,76-101H,21H2;1-2,5-10H,3-4,11-14H2/t52-,63-,64+,65-,76+;/m1./s1. The fourth-order valence-electron chi connectivity index (χ4n) is 14.2. The fourth-order valence-corrected chi connectivity index (χ4v) is 14.3. The molecule has 2 aliphatic rings. The van der Waals surface area contributed by atoms with Gasteiger partial charge in [-0.25, -0.2) is 52.9 Å². The molecule has 5 atom stereocenters. The summed E-state index contributed by atoms with van der Waals surface area (Å²) in [6.07, 6.45) is -12.4. The molecule has 0 unspecified atom stereocenters. The highest BCUT2D eigenvalue weighted by molar-refractivity contribution is 6.30. The van der Waals surface area contributed by atoms with Crippen LogP contribution in [0, 0.1) is 0 Å². The third-order valence-corrected chi connectivity index (χ3v) is 21.7. The number of benzene rings is 12. The van der Waals surface area contributed by atoms with Crippen molar-refractivity contribution >= 4 is 82.3 Å². The van der Waals surface area contributed by atoms with E-state index in [1.54, 1.807) is 0 Å². The van der Waals surface area contributed by atoms with E-state index in [0.717, 1.165) is 29.5 Å². The summed E-state index contributed by atoms with van der Waals surface area (Å²) in [7, 11) is 0. The monoisotopic (exact) mass is 2030 g/mol. The number of aromatic nitrogens is 2. The van der Waals surface area contributed by atoms with E-state index in [1.165, 1.54) is 37.0 Å². The lowest BCUT2D eigenvalue weighted by Gasteiger charge is -2.43. The molecular formula is C95H72ClN3O46. The van der Waals surface area contributed by atoms with Gasteiger partial charge in [0.25, 0.3) is 0 Å². The van der Waals surface area contributed by atoms with Gasteiger partial charge in [0.05, 0.1) is 73.2 Å². The number of phenolic OH excluding ortho intramolecular Hbond substituents is 25. The molecule has 15 rings (SSSR count). The Kier molecular flexibility index (Phi) is 28.8. The highest BCUT2D eigenvalue weighted by Gasteiger charge is 2.55. The van der Waals surface area contributed by atoms with Gasteiger partial charge in [0.15, 0.2) is 156 Å². The molecule has 49 nitrogen and oxygen atoms in total. The van der Waals surface area contributed by atoms with E-state index in [9.17, 15) is 161 Å². The Hall–Kier alpha value is -20.0. The zero-order valence-electron chi connectivity index (χ0n) is 73.0. The molecule has 2 saturated heterocycles. The SMILES string of the molecule is Clc1ccc(Cn2c(CN3CCCC3)nc3ccccc32)cc1.O=C(OC[C@H]1O[C@@H](OC(=O)c2cc(O)c(O)c(OC(=O)c3cc(O)c(O)c(O)c3)c2)[C@H](OC(=O)c2cc(O)c(O)c(OC(=O)c3cc(O)c(O)c(O)c3)c2)[C@@H](OC(=O)c2cc(O)c(O)c(OC(=O)c3cc(O)c(O)c(O)c3)c2)[C@@H]1OC(=O)c1cc(O)c(O)c(OC(=O)c2cc(O)c(O)c(O)c2)c1)c1cc(O)c(O)c(OC(=O)c2cc(O)c(O)c(O)c2)c1. The average Bonchev–Trinajstić information content (AvgIpc) is 1.35. The second-order valence-corrected chi connectivity index (χ2v) is 31.8. The number of carbonyl (C=O) groups is 10. The fraction of sp³-hybridized carbons (Fsp3) is 0.126. The number of hydrogen-bond acceptors (Lipinski definition) is 48. The largest absolute Gasteiger partial charge is 0.504 e. The molecule has 25 N–H and O–H groups in total. The average molecular weight is 2030 g/mol. The van der Waals surface area contributed by atoms with E-state index in [4.69, 9.17) is 68.7 Å². The molecule has 50 heteroatoms. The van der Waals surface area contributed by atoms with Crippen LogP contribution < -0.4 is 23.7 Å². The maximum absolute atomic E-state index is 15.3. The molecule has 3 heterocycles. The zero-order valence-corrected chi connectivity index (χ0v) is 73.7. The topological polar surface area (TPSA) is 799 Å². The van der Waals surface area contributed by atoms with Crippen LogP contribution in [0.15, 0.2) is 170 Å². The molecule has 2 aliphatic heterocycles. The summed E-state index contributed by atoms with van der Waals surface area (Å²) >= 11 is 6.01. The van der Waals surface area contributed by atoms with Crippen molar-refractivity contribution < 1.29 is 228 Å². The van der Waals surface area contributed by atoms with Crippen molar-refractivity contribution in [2.75, 3.05) is 19.7 Å². The molecule has 750 valence electrons. The van der Waals surface area contributed by atoms with Crippen LogP contribution in [0.3, 0.4) is 0 Å². The van der Waals surface area contributed by atoms with Gasteiger partial charge in [0.2, 0.25) is 41.1 Å². The first-order valence-electron chi connectivity index (χ1n) is 41.4. The van der Waals surface area contributed by atoms with Crippen LogP contribution >= 0.6 is 11.6 Å².